The molecule has 2 heteroatoms. The minimum absolute atomic E-state index is 0.530. The molecule has 0 radical (unpaired) electrons. The van der Waals surface area contributed by atoms with Gasteiger partial charge in [0.15, 0.2) is 0 Å². The van der Waals surface area contributed by atoms with Gasteiger partial charge in [0.25, 0.3) is 0 Å². The first-order chi connectivity index (χ1) is 5.33. The van der Waals surface area contributed by atoms with Gasteiger partial charge in [0, 0.05) is 6.04 Å². The molecule has 1 aromatic rings. The van der Waals surface area contributed by atoms with Crippen molar-refractivity contribution in [3.8, 4) is 0 Å². The van der Waals surface area contributed by atoms with Crippen LogP contribution in [0.1, 0.15) is 12.5 Å². The highest BCUT2D eigenvalue weighted by Gasteiger charge is 1.97. The minimum atomic E-state index is 0.530. The Hall–Kier alpha value is -0.390. The average Bonchev–Trinajstić information content (AvgIpc) is 2.06. The van der Waals surface area contributed by atoms with Crippen LogP contribution in [-0.2, 0) is 6.42 Å². The zero-order valence-electron chi connectivity index (χ0n) is 6.75. The molecule has 11 heavy (non-hydrogen) atoms. The van der Waals surface area contributed by atoms with E-state index in [9.17, 15) is 0 Å². The molecule has 1 aromatic carbocycles. The first-order valence-corrected chi connectivity index (χ1v) is 4.40. The summed E-state index contributed by atoms with van der Waals surface area (Å²) in [4.78, 5) is 0. The summed E-state index contributed by atoms with van der Waals surface area (Å²) < 4.78 is 0. The molecule has 1 rings (SSSR count). The van der Waals surface area contributed by atoms with Crippen LogP contribution in [0.25, 0.3) is 0 Å². The number of hydrogen-bond donors (Lipinski definition) is 1. The molecule has 2 atom stereocenters. The van der Waals surface area contributed by atoms with Crippen LogP contribution in [0.15, 0.2) is 30.3 Å². The van der Waals surface area contributed by atoms with Crippen LogP contribution in [0.4, 0.5) is 0 Å². The second kappa shape index (κ2) is 4.48. The fraction of sp³-hybridized carbons (Fsp3) is 0.333. The van der Waals surface area contributed by atoms with Crippen molar-refractivity contribution < 1.29 is 0 Å². The molecule has 0 aliphatic heterocycles. The van der Waals surface area contributed by atoms with E-state index in [2.05, 4.69) is 45.7 Å². The Labute approximate surface area is 70.5 Å². The van der Waals surface area contributed by atoms with Gasteiger partial charge in [0.05, 0.1) is 0 Å². The van der Waals surface area contributed by atoms with Crippen LogP contribution in [0.3, 0.4) is 0 Å². The molecule has 0 spiro atoms. The van der Waals surface area contributed by atoms with E-state index < -0.39 is 0 Å². The standard InChI is InChI=1S/C9H14NP/c1-8(10-11)7-9-5-3-2-4-6-9/h2-6,8,10H,7,11H2,1H3/t8-/m0/s1. The Balaban J connectivity index is 2.51. The Morgan fingerprint density at radius 2 is 2.00 bits per heavy atom. The Bertz CT molecular complexity index is 198. The Kier molecular flexibility index (Phi) is 3.55. The van der Waals surface area contributed by atoms with Gasteiger partial charge in [-0.05, 0) is 18.9 Å². The summed E-state index contributed by atoms with van der Waals surface area (Å²) in [5.74, 6) is 0. The van der Waals surface area contributed by atoms with Gasteiger partial charge in [0.2, 0.25) is 0 Å². The first kappa shape index (κ1) is 8.70. The van der Waals surface area contributed by atoms with E-state index >= 15 is 0 Å². The molecule has 0 bridgehead atoms. The summed E-state index contributed by atoms with van der Waals surface area (Å²) in [7, 11) is 2.54. The molecule has 1 nitrogen and oxygen atoms in total. The summed E-state index contributed by atoms with van der Waals surface area (Å²) in [6.07, 6.45) is 1.09. The predicted molar refractivity (Wildman–Crippen MR) is 52.5 cm³/mol. The predicted octanol–water partition coefficient (Wildman–Crippen LogP) is 2.00. The molecule has 0 saturated carbocycles. The minimum Gasteiger partial charge on any atom is -0.298 e. The van der Waals surface area contributed by atoms with Crippen molar-refractivity contribution >= 4 is 9.39 Å². The Morgan fingerprint density at radius 3 is 2.55 bits per heavy atom. The highest BCUT2D eigenvalue weighted by Crippen LogP contribution is 2.02. The van der Waals surface area contributed by atoms with E-state index in [1.165, 1.54) is 5.56 Å². The lowest BCUT2D eigenvalue weighted by Gasteiger charge is -2.08. The van der Waals surface area contributed by atoms with Crippen LogP contribution in [0.5, 0.6) is 0 Å². The van der Waals surface area contributed by atoms with Crippen molar-refractivity contribution in [2.24, 2.45) is 0 Å². The van der Waals surface area contributed by atoms with E-state index in [1.54, 1.807) is 0 Å². The summed E-state index contributed by atoms with van der Waals surface area (Å²) in [6.45, 7) is 2.17. The molecule has 1 N–H and O–H groups in total. The van der Waals surface area contributed by atoms with Gasteiger partial charge in [-0.1, -0.05) is 39.7 Å². The first-order valence-electron chi connectivity index (χ1n) is 3.83. The smallest absolute Gasteiger partial charge is 0.0111 e. The van der Waals surface area contributed by atoms with Crippen LogP contribution in [0.2, 0.25) is 0 Å². The third-order valence-electron chi connectivity index (χ3n) is 1.67. The van der Waals surface area contributed by atoms with Crippen LogP contribution in [-0.4, -0.2) is 6.04 Å². The van der Waals surface area contributed by atoms with E-state index in [4.69, 9.17) is 0 Å². The van der Waals surface area contributed by atoms with E-state index in [0.717, 1.165) is 6.42 Å². The van der Waals surface area contributed by atoms with Crippen LogP contribution >= 0.6 is 9.39 Å². The maximum Gasteiger partial charge on any atom is 0.0111 e. The molecule has 0 fully saturated rings. The van der Waals surface area contributed by atoms with E-state index in [1.807, 2.05) is 6.07 Å². The van der Waals surface area contributed by atoms with Gasteiger partial charge in [0.1, 0.15) is 0 Å². The normalized spacial score (nSPS) is 12.9. The van der Waals surface area contributed by atoms with Gasteiger partial charge in [-0.15, -0.1) is 0 Å². The quantitative estimate of drug-likeness (QED) is 0.679. The van der Waals surface area contributed by atoms with Crippen molar-refractivity contribution in [3.05, 3.63) is 35.9 Å². The molecular formula is C9H14NP. The lowest BCUT2D eigenvalue weighted by molar-refractivity contribution is 0.689. The monoisotopic (exact) mass is 167 g/mol. The van der Waals surface area contributed by atoms with Crippen molar-refractivity contribution in [2.75, 3.05) is 0 Å². The molecule has 0 saturated heterocycles. The SMILES string of the molecule is C[C@@H](Cc1ccccc1)NP. The van der Waals surface area contributed by atoms with Gasteiger partial charge in [-0.3, -0.25) is 5.09 Å². The van der Waals surface area contributed by atoms with Gasteiger partial charge in [-0.2, -0.15) is 0 Å². The topological polar surface area (TPSA) is 12.0 Å². The highest BCUT2D eigenvalue weighted by molar-refractivity contribution is 7.13. The molecule has 0 aromatic heterocycles. The molecule has 0 aliphatic rings. The van der Waals surface area contributed by atoms with Crippen molar-refractivity contribution in [2.45, 2.75) is 19.4 Å². The zero-order valence-corrected chi connectivity index (χ0v) is 7.90. The van der Waals surface area contributed by atoms with Crippen molar-refractivity contribution in [1.29, 1.82) is 0 Å². The third kappa shape index (κ3) is 3.00. The molecule has 0 amide bonds. The fourth-order valence-electron chi connectivity index (χ4n) is 1.03. The molecule has 0 aliphatic carbocycles. The number of rotatable bonds is 3. The Morgan fingerprint density at radius 1 is 1.36 bits per heavy atom. The summed E-state index contributed by atoms with van der Waals surface area (Å²) >= 11 is 0. The maximum atomic E-state index is 3.13. The maximum absolute atomic E-state index is 3.13. The van der Waals surface area contributed by atoms with E-state index in [0.29, 0.717) is 6.04 Å². The molecule has 60 valence electrons. The van der Waals surface area contributed by atoms with Gasteiger partial charge < -0.3 is 0 Å². The van der Waals surface area contributed by atoms with E-state index in [-0.39, 0.29) is 0 Å². The highest BCUT2D eigenvalue weighted by atomic mass is 31.0. The molecule has 0 heterocycles. The summed E-state index contributed by atoms with van der Waals surface area (Å²) in [6, 6.07) is 11.0. The lowest BCUT2D eigenvalue weighted by Crippen LogP contribution is -2.18. The van der Waals surface area contributed by atoms with Crippen molar-refractivity contribution in [1.82, 2.24) is 5.09 Å². The lowest BCUT2D eigenvalue weighted by atomic mass is 10.1. The second-order valence-corrected chi connectivity index (χ2v) is 3.09. The number of hydrogen-bond acceptors (Lipinski definition) is 1. The van der Waals surface area contributed by atoms with Gasteiger partial charge >= 0.3 is 0 Å². The van der Waals surface area contributed by atoms with Crippen LogP contribution in [0, 0.1) is 0 Å². The number of nitrogens with one attached hydrogen (secondary N) is 1. The second-order valence-electron chi connectivity index (χ2n) is 2.76. The molecular weight excluding hydrogens is 153 g/mol. The number of benzene rings is 1. The summed E-state index contributed by atoms with van der Waals surface area (Å²) in [5, 5.41) is 3.13. The van der Waals surface area contributed by atoms with Crippen molar-refractivity contribution in [3.63, 3.8) is 0 Å². The largest absolute Gasteiger partial charge is 0.298 e. The van der Waals surface area contributed by atoms with Crippen LogP contribution < -0.4 is 5.09 Å². The molecule has 1 unspecified atom stereocenters. The van der Waals surface area contributed by atoms with Gasteiger partial charge in [-0.25, -0.2) is 0 Å². The zero-order chi connectivity index (χ0) is 8.10. The third-order valence-corrected chi connectivity index (χ3v) is 2.24. The average molecular weight is 167 g/mol. The summed E-state index contributed by atoms with van der Waals surface area (Å²) in [5.41, 5.74) is 1.38. The fourth-order valence-corrected chi connectivity index (χ4v) is 1.14.